The third kappa shape index (κ3) is 2.76. The van der Waals surface area contributed by atoms with E-state index >= 15 is 0 Å². The minimum atomic E-state index is -0.386. The zero-order valence-electron chi connectivity index (χ0n) is 15.8. The molecule has 27 heavy (non-hydrogen) atoms. The predicted molar refractivity (Wildman–Crippen MR) is 106 cm³/mol. The molecule has 3 aromatic rings. The summed E-state index contributed by atoms with van der Waals surface area (Å²) >= 11 is 0. The number of hydrogen-bond acceptors (Lipinski definition) is 5. The molecule has 2 aromatic heterocycles. The minimum absolute atomic E-state index is 0.0664. The molecule has 1 atom stereocenters. The van der Waals surface area contributed by atoms with Crippen LogP contribution in [0.2, 0.25) is 0 Å². The van der Waals surface area contributed by atoms with Crippen LogP contribution in [0.4, 0.5) is 5.95 Å². The lowest BCUT2D eigenvalue weighted by Gasteiger charge is -2.31. The second kappa shape index (κ2) is 6.38. The number of nitrogens with two attached hydrogens (primary N) is 1. The van der Waals surface area contributed by atoms with Gasteiger partial charge in [-0.2, -0.15) is 4.98 Å². The molecule has 0 spiro atoms. The summed E-state index contributed by atoms with van der Waals surface area (Å²) in [4.78, 5) is 32.2. The number of fused-ring (bicyclic) bond motifs is 1. The number of nitrogens with zero attached hydrogens (tertiary/aromatic N) is 5. The van der Waals surface area contributed by atoms with Crippen LogP contribution in [0.25, 0.3) is 16.9 Å². The first-order valence-corrected chi connectivity index (χ1v) is 9.14. The second-order valence-electron chi connectivity index (χ2n) is 7.31. The van der Waals surface area contributed by atoms with Gasteiger partial charge in [0.2, 0.25) is 5.95 Å². The summed E-state index contributed by atoms with van der Waals surface area (Å²) in [6.07, 6.45) is 1.94. The van der Waals surface area contributed by atoms with Gasteiger partial charge in [-0.05, 0) is 31.9 Å². The largest absolute Gasteiger partial charge is 0.340 e. The van der Waals surface area contributed by atoms with Crippen LogP contribution in [-0.4, -0.2) is 37.8 Å². The number of aryl methyl sites for hydroxylation is 2. The zero-order valence-corrected chi connectivity index (χ0v) is 15.8. The topological polar surface area (TPSA) is 91.1 Å². The molecule has 1 unspecified atom stereocenters. The Morgan fingerprint density at radius 3 is 2.48 bits per heavy atom. The monoisotopic (exact) mass is 368 g/mol. The van der Waals surface area contributed by atoms with Gasteiger partial charge in [-0.1, -0.05) is 17.7 Å². The van der Waals surface area contributed by atoms with Gasteiger partial charge in [-0.3, -0.25) is 18.5 Å². The van der Waals surface area contributed by atoms with Gasteiger partial charge in [0.05, 0.1) is 0 Å². The normalized spacial score (nSPS) is 17.6. The summed E-state index contributed by atoms with van der Waals surface area (Å²) in [7, 11) is 3.13. The lowest BCUT2D eigenvalue weighted by atomic mass is 10.1. The number of piperidine rings is 1. The van der Waals surface area contributed by atoms with Crippen molar-refractivity contribution in [1.29, 1.82) is 0 Å². The lowest BCUT2D eigenvalue weighted by molar-refractivity contribution is 0.499. The van der Waals surface area contributed by atoms with E-state index in [0.717, 1.165) is 35.2 Å². The van der Waals surface area contributed by atoms with Crippen LogP contribution < -0.4 is 21.9 Å². The van der Waals surface area contributed by atoms with E-state index in [1.165, 1.54) is 11.6 Å². The first-order chi connectivity index (χ1) is 12.9. The van der Waals surface area contributed by atoms with Crippen LogP contribution in [0.5, 0.6) is 0 Å². The maximum absolute atomic E-state index is 13.0. The lowest BCUT2D eigenvalue weighted by Crippen LogP contribution is -2.44. The average molecular weight is 368 g/mol. The number of aromatic nitrogens is 4. The van der Waals surface area contributed by atoms with Crippen LogP contribution in [0.1, 0.15) is 18.4 Å². The molecule has 1 aromatic carbocycles. The van der Waals surface area contributed by atoms with Crippen molar-refractivity contribution >= 4 is 17.1 Å². The fourth-order valence-corrected chi connectivity index (χ4v) is 3.73. The molecule has 1 aliphatic heterocycles. The zero-order chi connectivity index (χ0) is 19.3. The second-order valence-corrected chi connectivity index (χ2v) is 7.31. The number of anilines is 1. The van der Waals surface area contributed by atoms with Gasteiger partial charge in [0.25, 0.3) is 5.56 Å². The van der Waals surface area contributed by atoms with E-state index in [4.69, 9.17) is 10.7 Å². The van der Waals surface area contributed by atoms with Crippen LogP contribution in [0.15, 0.2) is 33.9 Å². The molecule has 0 saturated carbocycles. The molecule has 1 fully saturated rings. The van der Waals surface area contributed by atoms with E-state index in [0.29, 0.717) is 23.7 Å². The van der Waals surface area contributed by atoms with E-state index in [-0.39, 0.29) is 17.3 Å². The van der Waals surface area contributed by atoms with Crippen molar-refractivity contribution in [3.8, 4) is 5.69 Å². The third-order valence-electron chi connectivity index (χ3n) is 5.27. The molecule has 2 N–H and O–H groups in total. The standard InChI is InChI=1S/C19H24N6O2/c1-12-6-8-14(9-7-12)25-15-16(22(2)19(27)23(3)17(15)26)21-18(25)24-10-4-5-13(20)11-24/h6-9,13H,4-5,10-11,20H2,1-3H3. The highest BCUT2D eigenvalue weighted by Gasteiger charge is 2.26. The van der Waals surface area contributed by atoms with Gasteiger partial charge in [0.15, 0.2) is 11.2 Å². The molecule has 1 aliphatic rings. The molecule has 0 bridgehead atoms. The van der Waals surface area contributed by atoms with Crippen molar-refractivity contribution in [2.75, 3.05) is 18.0 Å². The maximum Gasteiger partial charge on any atom is 0.332 e. The summed E-state index contributed by atoms with van der Waals surface area (Å²) in [6, 6.07) is 8.00. The van der Waals surface area contributed by atoms with Crippen molar-refractivity contribution in [2.45, 2.75) is 25.8 Å². The molecule has 3 heterocycles. The summed E-state index contributed by atoms with van der Waals surface area (Å²) in [5.74, 6) is 0.655. The highest BCUT2D eigenvalue weighted by molar-refractivity contribution is 5.77. The summed E-state index contributed by atoms with van der Waals surface area (Å²) in [5, 5.41) is 0. The van der Waals surface area contributed by atoms with Gasteiger partial charge in [0.1, 0.15) is 0 Å². The van der Waals surface area contributed by atoms with E-state index in [1.807, 2.05) is 35.8 Å². The van der Waals surface area contributed by atoms with Crippen molar-refractivity contribution in [3.63, 3.8) is 0 Å². The number of rotatable bonds is 2. The maximum atomic E-state index is 13.0. The van der Waals surface area contributed by atoms with Crippen molar-refractivity contribution in [3.05, 3.63) is 50.7 Å². The molecular weight excluding hydrogens is 344 g/mol. The molecule has 0 amide bonds. The Bertz CT molecular complexity index is 1120. The van der Waals surface area contributed by atoms with Crippen molar-refractivity contribution in [1.82, 2.24) is 18.7 Å². The molecule has 8 heteroatoms. The first-order valence-electron chi connectivity index (χ1n) is 9.14. The minimum Gasteiger partial charge on any atom is -0.340 e. The van der Waals surface area contributed by atoms with Gasteiger partial charge in [0, 0.05) is 38.9 Å². The quantitative estimate of drug-likeness (QED) is 0.717. The predicted octanol–water partition coefficient (Wildman–Crippen LogP) is 0.659. The van der Waals surface area contributed by atoms with Crippen LogP contribution in [-0.2, 0) is 14.1 Å². The van der Waals surface area contributed by atoms with Gasteiger partial charge < -0.3 is 10.6 Å². The fourth-order valence-electron chi connectivity index (χ4n) is 3.73. The SMILES string of the molecule is Cc1ccc(-n2c(N3CCCC(N)C3)nc3c2c(=O)n(C)c(=O)n3C)cc1. The van der Waals surface area contributed by atoms with Gasteiger partial charge in [-0.25, -0.2) is 4.79 Å². The van der Waals surface area contributed by atoms with Gasteiger partial charge >= 0.3 is 5.69 Å². The Kier molecular flexibility index (Phi) is 4.15. The Balaban J connectivity index is 2.07. The smallest absolute Gasteiger partial charge is 0.332 e. The number of benzene rings is 1. The van der Waals surface area contributed by atoms with Crippen LogP contribution in [0.3, 0.4) is 0 Å². The molecule has 142 valence electrons. The fraction of sp³-hybridized carbons (Fsp3) is 0.421. The third-order valence-corrected chi connectivity index (χ3v) is 5.27. The summed E-state index contributed by atoms with van der Waals surface area (Å²) in [5.41, 5.74) is 8.19. The Hall–Kier alpha value is -2.87. The summed E-state index contributed by atoms with van der Waals surface area (Å²) in [6.45, 7) is 3.50. The molecular formula is C19H24N6O2. The Morgan fingerprint density at radius 1 is 1.11 bits per heavy atom. The van der Waals surface area contributed by atoms with Crippen molar-refractivity contribution in [2.24, 2.45) is 19.8 Å². The average Bonchev–Trinajstić information content (AvgIpc) is 3.06. The van der Waals surface area contributed by atoms with E-state index in [9.17, 15) is 9.59 Å². The highest BCUT2D eigenvalue weighted by Crippen LogP contribution is 2.27. The molecule has 0 aliphatic carbocycles. The molecule has 8 nitrogen and oxygen atoms in total. The van der Waals surface area contributed by atoms with Crippen LogP contribution >= 0.6 is 0 Å². The van der Waals surface area contributed by atoms with E-state index < -0.39 is 0 Å². The summed E-state index contributed by atoms with van der Waals surface area (Å²) < 4.78 is 4.41. The number of imidazole rings is 1. The Labute approximate surface area is 156 Å². The Morgan fingerprint density at radius 2 is 1.81 bits per heavy atom. The molecule has 0 radical (unpaired) electrons. The molecule has 4 rings (SSSR count). The highest BCUT2D eigenvalue weighted by atomic mass is 16.2. The van der Waals surface area contributed by atoms with Crippen molar-refractivity contribution < 1.29 is 0 Å². The van der Waals surface area contributed by atoms with E-state index in [2.05, 4.69) is 4.90 Å². The van der Waals surface area contributed by atoms with Crippen LogP contribution in [0, 0.1) is 6.92 Å². The van der Waals surface area contributed by atoms with E-state index in [1.54, 1.807) is 7.05 Å². The first kappa shape index (κ1) is 17.5. The van der Waals surface area contributed by atoms with Gasteiger partial charge in [-0.15, -0.1) is 0 Å². The number of hydrogen-bond donors (Lipinski definition) is 1. The molecule has 1 saturated heterocycles.